The van der Waals surface area contributed by atoms with Crippen LogP contribution in [-0.4, -0.2) is 32.9 Å². The van der Waals surface area contributed by atoms with Gasteiger partial charge in [-0.1, -0.05) is 30.3 Å². The van der Waals surface area contributed by atoms with Crippen LogP contribution in [0.5, 0.6) is 0 Å². The lowest BCUT2D eigenvalue weighted by molar-refractivity contribution is -0.903. The van der Waals surface area contributed by atoms with Crippen LogP contribution in [0.1, 0.15) is 12.0 Å². The van der Waals surface area contributed by atoms with Gasteiger partial charge in [-0.3, -0.25) is 4.57 Å². The molecule has 1 atom stereocenters. The number of benzene rings is 2. The Labute approximate surface area is 174 Å². The first-order valence-corrected chi connectivity index (χ1v) is 10.0. The molecular weight excluding hydrogens is 380 g/mol. The Hall–Kier alpha value is -3.21. The average molecular weight is 404 g/mol. The number of hydrogen-bond donors (Lipinski definition) is 2. The normalized spacial score (nSPS) is 12.2. The molecule has 0 saturated carbocycles. The Kier molecular flexibility index (Phi) is 5.30. The number of nitriles is 1. The van der Waals surface area contributed by atoms with E-state index in [1.165, 1.54) is 10.5 Å². The summed E-state index contributed by atoms with van der Waals surface area (Å²) in [5, 5.41) is 14.9. The molecule has 0 aliphatic heterocycles. The average Bonchev–Trinajstić information content (AvgIpc) is 3.27. The molecule has 2 N–H and O–H groups in total. The summed E-state index contributed by atoms with van der Waals surface area (Å²) in [7, 11) is 2.05. The number of aromatic amines is 1. The molecule has 0 radical (unpaired) electrons. The molecule has 4 aromatic rings. The summed E-state index contributed by atoms with van der Waals surface area (Å²) in [6.45, 7) is 3.43. The Morgan fingerprint density at radius 3 is 2.83 bits per heavy atom. The molecular formula is C22H23N6S+. The van der Waals surface area contributed by atoms with Crippen molar-refractivity contribution >= 4 is 23.1 Å². The van der Waals surface area contributed by atoms with E-state index in [9.17, 15) is 0 Å². The van der Waals surface area contributed by atoms with Crippen molar-refractivity contribution in [1.29, 1.82) is 5.26 Å². The van der Waals surface area contributed by atoms with Crippen molar-refractivity contribution in [1.82, 2.24) is 19.3 Å². The molecule has 0 aliphatic rings. The summed E-state index contributed by atoms with van der Waals surface area (Å²) in [5.74, 6) is 0.811. The van der Waals surface area contributed by atoms with Gasteiger partial charge in [-0.25, -0.2) is 0 Å². The number of quaternary nitrogens is 1. The molecule has 2 aromatic carbocycles. The quantitative estimate of drug-likeness (QED) is 0.486. The Bertz CT molecular complexity index is 1260. The summed E-state index contributed by atoms with van der Waals surface area (Å²) in [6.07, 6.45) is 2.50. The molecule has 4 rings (SSSR count). The van der Waals surface area contributed by atoms with Crippen molar-refractivity contribution in [3.63, 3.8) is 0 Å². The number of nitrogens with zero attached hydrogens (tertiary/aromatic N) is 4. The van der Waals surface area contributed by atoms with Crippen LogP contribution in [0.3, 0.4) is 0 Å². The summed E-state index contributed by atoms with van der Waals surface area (Å²) in [5.41, 5.74) is 4.24. The third-order valence-corrected chi connectivity index (χ3v) is 5.41. The third-order valence-electron chi connectivity index (χ3n) is 5.01. The lowest BCUT2D eigenvalue weighted by atomic mass is 10.1. The maximum absolute atomic E-state index is 8.87. The van der Waals surface area contributed by atoms with Crippen molar-refractivity contribution < 1.29 is 4.90 Å². The molecule has 2 aromatic heterocycles. The molecule has 0 aliphatic carbocycles. The highest BCUT2D eigenvalue weighted by Gasteiger charge is 2.19. The van der Waals surface area contributed by atoms with Gasteiger partial charge in [0, 0.05) is 22.7 Å². The molecule has 2 heterocycles. The number of fused-ring (bicyclic) bond motifs is 1. The molecule has 6 nitrogen and oxygen atoms in total. The second kappa shape index (κ2) is 8.03. The Balaban J connectivity index is 1.88. The molecule has 0 spiro atoms. The van der Waals surface area contributed by atoms with Gasteiger partial charge in [0.2, 0.25) is 4.77 Å². The number of H-pyrrole nitrogens is 1. The minimum atomic E-state index is 0.507. The zero-order valence-corrected chi connectivity index (χ0v) is 17.3. The first-order valence-electron chi connectivity index (χ1n) is 9.60. The third kappa shape index (κ3) is 3.73. The van der Waals surface area contributed by atoms with Crippen molar-refractivity contribution in [3.05, 3.63) is 65.1 Å². The topological polar surface area (TPSA) is 66.8 Å². The summed E-state index contributed by atoms with van der Waals surface area (Å²) in [4.78, 5) is 4.52. The van der Waals surface area contributed by atoms with Gasteiger partial charge in [0.15, 0.2) is 12.5 Å². The highest BCUT2D eigenvalue weighted by atomic mass is 32.1. The van der Waals surface area contributed by atoms with E-state index >= 15 is 0 Å². The van der Waals surface area contributed by atoms with Crippen LogP contribution in [0.25, 0.3) is 28.0 Å². The molecule has 1 unspecified atom stereocenters. The highest BCUT2D eigenvalue weighted by molar-refractivity contribution is 7.71. The smallest absolute Gasteiger partial charge is 0.207 e. The number of rotatable bonds is 6. The minimum absolute atomic E-state index is 0.507. The minimum Gasteiger partial charge on any atom is -0.360 e. The predicted octanol–water partition coefficient (Wildman–Crippen LogP) is 3.25. The highest BCUT2D eigenvalue weighted by Crippen LogP contribution is 2.29. The van der Waals surface area contributed by atoms with Crippen molar-refractivity contribution in [2.24, 2.45) is 0 Å². The lowest BCUT2D eigenvalue weighted by Crippen LogP contribution is -3.08. The number of aryl methyl sites for hydroxylation is 1. The van der Waals surface area contributed by atoms with E-state index in [0.29, 0.717) is 17.9 Å². The second-order valence-electron chi connectivity index (χ2n) is 7.30. The fourth-order valence-electron chi connectivity index (χ4n) is 3.55. The van der Waals surface area contributed by atoms with Gasteiger partial charge in [-0.2, -0.15) is 9.94 Å². The number of nitrogens with one attached hydrogen (secondary N) is 2. The summed E-state index contributed by atoms with van der Waals surface area (Å²) < 4.78 is 4.55. The van der Waals surface area contributed by atoms with Crippen LogP contribution in [-0.2, 0) is 6.67 Å². The maximum atomic E-state index is 8.87. The summed E-state index contributed by atoms with van der Waals surface area (Å²) >= 11 is 5.84. The zero-order valence-electron chi connectivity index (χ0n) is 16.5. The van der Waals surface area contributed by atoms with Gasteiger partial charge in [0.1, 0.15) is 0 Å². The number of aromatic nitrogens is 4. The van der Waals surface area contributed by atoms with E-state index in [0.717, 1.165) is 34.5 Å². The molecule has 0 bridgehead atoms. The van der Waals surface area contributed by atoms with Gasteiger partial charge in [-0.15, -0.1) is 5.10 Å². The first-order chi connectivity index (χ1) is 14.1. The molecule has 7 heteroatoms. The van der Waals surface area contributed by atoms with E-state index < -0.39 is 0 Å². The van der Waals surface area contributed by atoms with Gasteiger partial charge < -0.3 is 9.88 Å². The van der Waals surface area contributed by atoms with Crippen LogP contribution in [0.2, 0.25) is 0 Å². The van der Waals surface area contributed by atoms with Crippen LogP contribution in [0.4, 0.5) is 0 Å². The Morgan fingerprint density at radius 2 is 2.03 bits per heavy atom. The molecule has 29 heavy (non-hydrogen) atoms. The second-order valence-corrected chi connectivity index (χ2v) is 7.67. The van der Waals surface area contributed by atoms with Gasteiger partial charge in [0.25, 0.3) is 0 Å². The first kappa shape index (κ1) is 19.1. The van der Waals surface area contributed by atoms with E-state index in [1.54, 1.807) is 0 Å². The van der Waals surface area contributed by atoms with E-state index in [1.807, 2.05) is 33.6 Å². The van der Waals surface area contributed by atoms with E-state index in [2.05, 4.69) is 55.4 Å². The predicted molar refractivity (Wildman–Crippen MR) is 116 cm³/mol. The summed E-state index contributed by atoms with van der Waals surface area (Å²) in [6, 6.07) is 18.7. The van der Waals surface area contributed by atoms with Crippen LogP contribution < -0.4 is 4.90 Å². The van der Waals surface area contributed by atoms with Gasteiger partial charge in [-0.05, 0) is 42.9 Å². The number of hydrogen-bond acceptors (Lipinski definition) is 3. The van der Waals surface area contributed by atoms with E-state index in [4.69, 9.17) is 22.6 Å². The van der Waals surface area contributed by atoms with E-state index in [-0.39, 0.29) is 0 Å². The zero-order chi connectivity index (χ0) is 20.4. The fourth-order valence-corrected chi connectivity index (χ4v) is 3.84. The monoisotopic (exact) mass is 403 g/mol. The van der Waals surface area contributed by atoms with Crippen LogP contribution in [0, 0.1) is 23.0 Å². The molecule has 0 amide bonds. The fraction of sp³-hybridized carbons (Fsp3) is 0.227. The molecule has 146 valence electrons. The SMILES string of the molecule is Cc1cccc(-n2c(-c3c[nH]c4ccccc34)nn(C[NH+](C)CCC#N)c2=S)c1. The maximum Gasteiger partial charge on any atom is 0.207 e. The molecule has 0 fully saturated rings. The largest absolute Gasteiger partial charge is 0.360 e. The lowest BCUT2D eigenvalue weighted by Gasteiger charge is -2.11. The number of para-hydroxylation sites is 1. The molecule has 0 saturated heterocycles. The van der Waals surface area contributed by atoms with Crippen molar-refractivity contribution in [3.8, 4) is 23.1 Å². The van der Waals surface area contributed by atoms with Crippen molar-refractivity contribution in [2.75, 3.05) is 13.6 Å². The Morgan fingerprint density at radius 1 is 1.21 bits per heavy atom. The van der Waals surface area contributed by atoms with Crippen LogP contribution >= 0.6 is 12.2 Å². The van der Waals surface area contributed by atoms with Gasteiger partial charge >= 0.3 is 0 Å². The van der Waals surface area contributed by atoms with Crippen LogP contribution in [0.15, 0.2) is 54.7 Å². The van der Waals surface area contributed by atoms with Crippen molar-refractivity contribution in [2.45, 2.75) is 20.0 Å². The van der Waals surface area contributed by atoms with Gasteiger partial charge in [0.05, 0.1) is 31.8 Å². The standard InChI is InChI=1S/C22H22N6S/c1-16-7-5-8-17(13-16)28-21(19-14-24-20-10-4-3-9-18(19)20)25-27(22(28)29)15-26(2)12-6-11-23/h3-5,7-10,13-14,24H,6,12,15H2,1-2H3/p+1.